The molecule has 3 nitrogen and oxygen atoms in total. The van der Waals surface area contributed by atoms with Gasteiger partial charge in [-0.05, 0) is 46.5 Å². The van der Waals surface area contributed by atoms with Crippen LogP contribution in [-0.2, 0) is 9.47 Å². The first-order chi connectivity index (χ1) is 8.46. The van der Waals surface area contributed by atoms with Gasteiger partial charge in [-0.25, -0.2) is 0 Å². The van der Waals surface area contributed by atoms with Crippen molar-refractivity contribution in [3.8, 4) is 0 Å². The van der Waals surface area contributed by atoms with Gasteiger partial charge in [-0.2, -0.15) is 0 Å². The molecule has 0 unspecified atom stereocenters. The Bertz CT molecular complexity index is 371. The molecule has 2 aliphatic heterocycles. The van der Waals surface area contributed by atoms with Gasteiger partial charge in [0.2, 0.25) is 0 Å². The molecular weight excluding hydrogens is 226 g/mol. The van der Waals surface area contributed by atoms with Crippen molar-refractivity contribution in [1.29, 1.82) is 0 Å². The predicted molar refractivity (Wildman–Crippen MR) is 71.3 cm³/mol. The van der Waals surface area contributed by atoms with Crippen molar-refractivity contribution in [3.05, 3.63) is 11.6 Å². The third-order valence-electron chi connectivity index (χ3n) is 5.04. The Morgan fingerprint density at radius 3 is 2.78 bits per heavy atom. The first-order valence-corrected chi connectivity index (χ1v) is 7.17. The van der Waals surface area contributed by atoms with Crippen molar-refractivity contribution < 1.29 is 9.47 Å². The minimum Gasteiger partial charge on any atom is -0.369 e. The summed E-state index contributed by atoms with van der Waals surface area (Å²) in [6.45, 7) is 7.45. The Hall–Kier alpha value is -0.380. The van der Waals surface area contributed by atoms with Crippen LogP contribution in [0.1, 0.15) is 46.5 Å². The molecule has 0 radical (unpaired) electrons. The predicted octanol–water partition coefficient (Wildman–Crippen LogP) is 2.40. The van der Waals surface area contributed by atoms with Crippen molar-refractivity contribution >= 4 is 0 Å². The van der Waals surface area contributed by atoms with Crippen LogP contribution in [0, 0.1) is 5.92 Å². The second-order valence-electron chi connectivity index (χ2n) is 6.75. The average Bonchev–Trinajstić information content (AvgIpc) is 3.19. The van der Waals surface area contributed by atoms with Crippen LogP contribution in [0.25, 0.3) is 0 Å². The lowest BCUT2D eigenvalue weighted by atomic mass is 9.69. The lowest BCUT2D eigenvalue weighted by molar-refractivity contribution is 0.0801. The first kappa shape index (κ1) is 12.6. The average molecular weight is 251 g/mol. The maximum Gasteiger partial charge on any atom is 0.0980 e. The number of hydrogen-bond donors (Lipinski definition) is 1. The van der Waals surface area contributed by atoms with E-state index in [0.717, 1.165) is 32.3 Å². The van der Waals surface area contributed by atoms with Gasteiger partial charge in [0, 0.05) is 12.0 Å². The Labute approximate surface area is 110 Å². The number of hydrogen-bond acceptors (Lipinski definition) is 3. The van der Waals surface area contributed by atoms with E-state index in [4.69, 9.17) is 15.2 Å². The number of rotatable bonds is 3. The molecule has 0 bridgehead atoms. The summed E-state index contributed by atoms with van der Waals surface area (Å²) in [7, 11) is 0. The van der Waals surface area contributed by atoms with Crippen molar-refractivity contribution in [2.75, 3.05) is 6.61 Å². The van der Waals surface area contributed by atoms with E-state index >= 15 is 0 Å². The number of nitrogens with two attached hydrogens (primary N) is 1. The summed E-state index contributed by atoms with van der Waals surface area (Å²) in [5.41, 5.74) is 7.63. The molecule has 1 saturated carbocycles. The highest BCUT2D eigenvalue weighted by Gasteiger charge is 2.68. The Kier molecular flexibility index (Phi) is 2.85. The van der Waals surface area contributed by atoms with Crippen LogP contribution in [0.4, 0.5) is 0 Å². The molecule has 3 fully saturated rings. The van der Waals surface area contributed by atoms with E-state index in [2.05, 4.69) is 26.8 Å². The zero-order chi connectivity index (χ0) is 13.0. The highest BCUT2D eigenvalue weighted by atomic mass is 16.6. The molecule has 102 valence electrons. The van der Waals surface area contributed by atoms with Crippen LogP contribution in [0.3, 0.4) is 0 Å². The van der Waals surface area contributed by atoms with Crippen molar-refractivity contribution in [2.45, 2.75) is 69.8 Å². The van der Waals surface area contributed by atoms with E-state index in [-0.39, 0.29) is 11.2 Å². The van der Waals surface area contributed by atoms with Crippen molar-refractivity contribution in [2.24, 2.45) is 11.7 Å². The van der Waals surface area contributed by atoms with E-state index in [9.17, 15) is 0 Å². The minimum atomic E-state index is 0.000486. The molecule has 1 spiro atoms. The number of epoxide rings is 2. The summed E-state index contributed by atoms with van der Waals surface area (Å²) < 4.78 is 11.8. The Morgan fingerprint density at radius 2 is 2.17 bits per heavy atom. The molecule has 0 aromatic rings. The third-order valence-corrected chi connectivity index (χ3v) is 5.04. The summed E-state index contributed by atoms with van der Waals surface area (Å²) in [5.74, 6) is 0.490. The summed E-state index contributed by atoms with van der Waals surface area (Å²) in [6, 6.07) is 0.329. The van der Waals surface area contributed by atoms with Gasteiger partial charge in [-0.15, -0.1) is 0 Å². The molecular formula is C15H25NO2. The highest BCUT2D eigenvalue weighted by Crippen LogP contribution is 2.58. The molecule has 2 heterocycles. The van der Waals surface area contributed by atoms with Crippen LogP contribution < -0.4 is 5.73 Å². The fourth-order valence-corrected chi connectivity index (χ4v) is 3.64. The van der Waals surface area contributed by atoms with Crippen LogP contribution in [0.2, 0.25) is 0 Å². The molecule has 3 rings (SSSR count). The normalized spacial score (nSPS) is 50.1. The quantitative estimate of drug-likeness (QED) is 0.619. The van der Waals surface area contributed by atoms with Gasteiger partial charge < -0.3 is 15.2 Å². The largest absolute Gasteiger partial charge is 0.369 e. The van der Waals surface area contributed by atoms with Gasteiger partial charge in [0.25, 0.3) is 0 Å². The zero-order valence-corrected chi connectivity index (χ0v) is 11.7. The minimum absolute atomic E-state index is 0.000486. The summed E-state index contributed by atoms with van der Waals surface area (Å²) in [6.07, 6.45) is 6.95. The highest BCUT2D eigenvalue weighted by molar-refractivity contribution is 5.18. The molecule has 0 aromatic carbocycles. The van der Waals surface area contributed by atoms with Crippen molar-refractivity contribution in [3.63, 3.8) is 0 Å². The molecule has 18 heavy (non-hydrogen) atoms. The monoisotopic (exact) mass is 251 g/mol. The van der Waals surface area contributed by atoms with Gasteiger partial charge in [-0.3, -0.25) is 0 Å². The van der Waals surface area contributed by atoms with Gasteiger partial charge in [0.15, 0.2) is 0 Å². The van der Waals surface area contributed by atoms with E-state index in [1.165, 1.54) is 5.57 Å². The molecule has 5 atom stereocenters. The lowest BCUT2D eigenvalue weighted by Gasteiger charge is -2.35. The van der Waals surface area contributed by atoms with Crippen LogP contribution in [-0.4, -0.2) is 30.0 Å². The molecule has 2 N–H and O–H groups in total. The number of ether oxygens (including phenoxy) is 2. The summed E-state index contributed by atoms with van der Waals surface area (Å²) in [4.78, 5) is 0. The zero-order valence-electron chi connectivity index (χ0n) is 11.7. The van der Waals surface area contributed by atoms with Crippen molar-refractivity contribution in [1.82, 2.24) is 0 Å². The van der Waals surface area contributed by atoms with E-state index < -0.39 is 0 Å². The standard InChI is InChI=1S/C15H25NO2/c1-10(2)4-5-13-14(3,18-13)12-8-11(16)6-7-15(12)9-17-15/h4,11-13H,5-9,16H2,1-3H3/t11-,12-,13-,14-,15+/m1/s1. The van der Waals surface area contributed by atoms with Gasteiger partial charge in [-0.1, -0.05) is 11.6 Å². The molecule has 3 heteroatoms. The second kappa shape index (κ2) is 4.06. The Balaban J connectivity index is 1.69. The second-order valence-corrected chi connectivity index (χ2v) is 6.75. The third kappa shape index (κ3) is 2.02. The smallest absolute Gasteiger partial charge is 0.0980 e. The van der Waals surface area contributed by atoms with E-state index in [1.54, 1.807) is 0 Å². The summed E-state index contributed by atoms with van der Waals surface area (Å²) >= 11 is 0. The maximum atomic E-state index is 6.14. The van der Waals surface area contributed by atoms with Gasteiger partial charge in [0.05, 0.1) is 23.9 Å². The number of allylic oxidation sites excluding steroid dienone is 1. The molecule has 2 saturated heterocycles. The fraction of sp³-hybridized carbons (Fsp3) is 0.867. The summed E-state index contributed by atoms with van der Waals surface area (Å²) in [5, 5.41) is 0. The van der Waals surface area contributed by atoms with Gasteiger partial charge >= 0.3 is 0 Å². The van der Waals surface area contributed by atoms with E-state index in [1.807, 2.05) is 0 Å². The maximum absolute atomic E-state index is 6.14. The SMILES string of the molecule is CC(C)=CC[C@H]1O[C@]1(C)[C@H]1C[C@H](N)CC[C@]12CO2. The van der Waals surface area contributed by atoms with Gasteiger partial charge in [0.1, 0.15) is 0 Å². The molecule has 1 aliphatic carbocycles. The first-order valence-electron chi connectivity index (χ1n) is 7.17. The topological polar surface area (TPSA) is 51.1 Å². The molecule has 3 aliphatic rings. The van der Waals surface area contributed by atoms with Crippen LogP contribution in [0.15, 0.2) is 11.6 Å². The van der Waals surface area contributed by atoms with E-state index in [0.29, 0.717) is 18.1 Å². The molecule has 0 aromatic heterocycles. The Morgan fingerprint density at radius 1 is 1.44 bits per heavy atom. The lowest BCUT2D eigenvalue weighted by Crippen LogP contribution is -2.45. The van der Waals surface area contributed by atoms with Crippen LogP contribution in [0.5, 0.6) is 0 Å². The molecule has 0 amide bonds. The van der Waals surface area contributed by atoms with Crippen LogP contribution >= 0.6 is 0 Å². The fourth-order valence-electron chi connectivity index (χ4n) is 3.64.